The number of carbonyl (C=O) groups is 1. The van der Waals surface area contributed by atoms with Gasteiger partial charge >= 0.3 is 5.97 Å². The van der Waals surface area contributed by atoms with Crippen LogP contribution in [0.25, 0.3) is 0 Å². The zero-order chi connectivity index (χ0) is 13.5. The average molecular weight is 253 g/mol. The number of carboxylic acids is 1. The van der Waals surface area contributed by atoms with Crippen LogP contribution in [0.4, 0.5) is 5.82 Å². The Bertz CT molecular complexity index is 456. The zero-order valence-electron chi connectivity index (χ0n) is 10.7. The summed E-state index contributed by atoms with van der Waals surface area (Å²) in [5, 5.41) is 11.7. The van der Waals surface area contributed by atoms with Gasteiger partial charge in [-0.1, -0.05) is 13.3 Å². The molecule has 1 aromatic rings. The van der Waals surface area contributed by atoms with Crippen LogP contribution in [0.1, 0.15) is 33.1 Å². The van der Waals surface area contributed by atoms with Gasteiger partial charge < -0.3 is 15.0 Å². The van der Waals surface area contributed by atoms with E-state index in [1.54, 1.807) is 6.20 Å². The highest BCUT2D eigenvalue weighted by Crippen LogP contribution is 2.07. The number of aliphatic carboxylic acids is 1. The van der Waals surface area contributed by atoms with Crippen LogP contribution in [0.5, 0.6) is 0 Å². The number of rotatable bonds is 7. The van der Waals surface area contributed by atoms with Gasteiger partial charge in [0.15, 0.2) is 5.82 Å². The van der Waals surface area contributed by atoms with Crippen LogP contribution in [-0.2, 0) is 11.3 Å². The van der Waals surface area contributed by atoms with Gasteiger partial charge in [0.1, 0.15) is 0 Å². The Kier molecular flexibility index (Phi) is 5.35. The highest BCUT2D eigenvalue weighted by Gasteiger charge is 2.14. The first kappa shape index (κ1) is 14.2. The van der Waals surface area contributed by atoms with Crippen LogP contribution < -0.4 is 10.9 Å². The molecule has 0 saturated heterocycles. The molecule has 0 aliphatic heterocycles. The number of nitrogens with zero attached hydrogens (tertiary/aromatic N) is 2. The molecule has 0 aromatic carbocycles. The van der Waals surface area contributed by atoms with Crippen molar-refractivity contribution in [1.29, 1.82) is 0 Å². The van der Waals surface area contributed by atoms with Gasteiger partial charge in [0.2, 0.25) is 0 Å². The summed E-state index contributed by atoms with van der Waals surface area (Å²) in [6, 6.07) is -0.264. The molecule has 0 saturated carbocycles. The molecule has 1 rings (SSSR count). The predicted molar refractivity (Wildman–Crippen MR) is 68.7 cm³/mol. The molecule has 100 valence electrons. The maximum atomic E-state index is 11.9. The third-order valence-electron chi connectivity index (χ3n) is 2.65. The van der Waals surface area contributed by atoms with Gasteiger partial charge in [-0.25, -0.2) is 4.98 Å². The molecule has 2 N–H and O–H groups in total. The largest absolute Gasteiger partial charge is 0.481 e. The fraction of sp³-hybridized carbons (Fsp3) is 0.583. The van der Waals surface area contributed by atoms with Crippen LogP contribution in [0.3, 0.4) is 0 Å². The predicted octanol–water partition coefficient (Wildman–Crippen LogP) is 1.32. The summed E-state index contributed by atoms with van der Waals surface area (Å²) in [5.41, 5.74) is -0.216. The van der Waals surface area contributed by atoms with E-state index >= 15 is 0 Å². The summed E-state index contributed by atoms with van der Waals surface area (Å²) in [6.45, 7) is 4.40. The number of aryl methyl sites for hydroxylation is 1. The van der Waals surface area contributed by atoms with Gasteiger partial charge in [-0.3, -0.25) is 9.59 Å². The minimum atomic E-state index is -0.882. The first-order valence-corrected chi connectivity index (χ1v) is 6.12. The van der Waals surface area contributed by atoms with Gasteiger partial charge in [0.05, 0.1) is 6.42 Å². The monoisotopic (exact) mass is 253 g/mol. The molecule has 0 amide bonds. The van der Waals surface area contributed by atoms with Gasteiger partial charge in [0, 0.05) is 25.0 Å². The van der Waals surface area contributed by atoms with Crippen LogP contribution >= 0.6 is 0 Å². The van der Waals surface area contributed by atoms with Crippen molar-refractivity contribution in [2.45, 2.75) is 45.7 Å². The SMILES string of the molecule is CCCC(CC(=O)O)Nc1nccn(CC)c1=O. The van der Waals surface area contributed by atoms with E-state index in [0.29, 0.717) is 13.0 Å². The highest BCUT2D eigenvalue weighted by molar-refractivity contribution is 5.68. The van der Waals surface area contributed by atoms with E-state index in [4.69, 9.17) is 5.11 Å². The third-order valence-corrected chi connectivity index (χ3v) is 2.65. The normalized spacial score (nSPS) is 12.1. The average Bonchev–Trinajstić information content (AvgIpc) is 2.31. The van der Waals surface area contributed by atoms with Crippen LogP contribution in [0, 0.1) is 0 Å². The Balaban J connectivity index is 2.86. The molecule has 6 nitrogen and oxygen atoms in total. The summed E-state index contributed by atoms with van der Waals surface area (Å²) < 4.78 is 1.53. The zero-order valence-corrected chi connectivity index (χ0v) is 10.7. The van der Waals surface area contributed by atoms with Crippen molar-refractivity contribution in [2.75, 3.05) is 5.32 Å². The van der Waals surface area contributed by atoms with Crippen LogP contribution in [0.2, 0.25) is 0 Å². The second-order valence-corrected chi connectivity index (χ2v) is 4.09. The third kappa shape index (κ3) is 3.87. The van der Waals surface area contributed by atoms with Crippen molar-refractivity contribution >= 4 is 11.8 Å². The van der Waals surface area contributed by atoms with Gasteiger partial charge in [-0.15, -0.1) is 0 Å². The summed E-state index contributed by atoms with van der Waals surface area (Å²) in [7, 11) is 0. The van der Waals surface area contributed by atoms with E-state index in [-0.39, 0.29) is 23.8 Å². The Morgan fingerprint density at radius 2 is 2.28 bits per heavy atom. The second-order valence-electron chi connectivity index (χ2n) is 4.09. The summed E-state index contributed by atoms with van der Waals surface area (Å²) in [4.78, 5) is 26.6. The number of anilines is 1. The fourth-order valence-electron chi connectivity index (χ4n) is 1.77. The van der Waals surface area contributed by atoms with Crippen LogP contribution in [-0.4, -0.2) is 26.7 Å². The molecule has 18 heavy (non-hydrogen) atoms. The van der Waals surface area contributed by atoms with Gasteiger partial charge in [0.25, 0.3) is 5.56 Å². The maximum absolute atomic E-state index is 11.9. The number of hydrogen-bond donors (Lipinski definition) is 2. The molecule has 1 atom stereocenters. The molecule has 1 unspecified atom stereocenters. The highest BCUT2D eigenvalue weighted by atomic mass is 16.4. The van der Waals surface area contributed by atoms with Gasteiger partial charge in [-0.2, -0.15) is 0 Å². The first-order valence-electron chi connectivity index (χ1n) is 6.12. The lowest BCUT2D eigenvalue weighted by atomic mass is 10.1. The van der Waals surface area contributed by atoms with E-state index in [1.165, 1.54) is 10.8 Å². The van der Waals surface area contributed by atoms with Gasteiger partial charge in [-0.05, 0) is 13.3 Å². The minimum Gasteiger partial charge on any atom is -0.481 e. The number of nitrogens with one attached hydrogen (secondary N) is 1. The van der Waals surface area contributed by atoms with E-state index in [0.717, 1.165) is 6.42 Å². The van der Waals surface area contributed by atoms with Crippen molar-refractivity contribution in [3.05, 3.63) is 22.7 Å². The lowest BCUT2D eigenvalue weighted by Gasteiger charge is -2.16. The second kappa shape index (κ2) is 6.78. The number of aromatic nitrogens is 2. The number of hydrogen-bond acceptors (Lipinski definition) is 4. The van der Waals surface area contributed by atoms with Crippen molar-refractivity contribution in [3.63, 3.8) is 0 Å². The molecule has 0 fully saturated rings. The van der Waals surface area contributed by atoms with E-state index < -0.39 is 5.97 Å². The lowest BCUT2D eigenvalue weighted by Crippen LogP contribution is -2.30. The van der Waals surface area contributed by atoms with E-state index in [9.17, 15) is 9.59 Å². The first-order chi connectivity index (χ1) is 8.58. The topological polar surface area (TPSA) is 84.2 Å². The molecular weight excluding hydrogens is 234 g/mol. The lowest BCUT2D eigenvalue weighted by molar-refractivity contribution is -0.137. The standard InChI is InChI=1S/C12H19N3O3/c1-3-5-9(8-10(16)17)14-11-12(18)15(4-2)7-6-13-11/h6-7,9H,3-5,8H2,1-2H3,(H,13,14)(H,16,17). The Morgan fingerprint density at radius 1 is 1.56 bits per heavy atom. The molecule has 1 aromatic heterocycles. The quantitative estimate of drug-likeness (QED) is 0.765. The molecule has 0 spiro atoms. The molecule has 0 radical (unpaired) electrons. The van der Waals surface area contributed by atoms with E-state index in [2.05, 4.69) is 10.3 Å². The van der Waals surface area contributed by atoms with Crippen molar-refractivity contribution in [3.8, 4) is 0 Å². The van der Waals surface area contributed by atoms with E-state index in [1.807, 2.05) is 13.8 Å². The van der Waals surface area contributed by atoms with Crippen LogP contribution in [0.15, 0.2) is 17.2 Å². The molecule has 0 aliphatic rings. The minimum absolute atomic E-state index is 0.0179. The molecule has 1 heterocycles. The molecule has 0 aliphatic carbocycles. The summed E-state index contributed by atoms with van der Waals surface area (Å²) in [5.74, 6) is -0.660. The van der Waals surface area contributed by atoms with Crippen molar-refractivity contribution in [2.24, 2.45) is 0 Å². The molecule has 0 bridgehead atoms. The smallest absolute Gasteiger partial charge is 0.305 e. The summed E-state index contributed by atoms with van der Waals surface area (Å²) >= 11 is 0. The number of carboxylic acid groups (broad SMARTS) is 1. The summed E-state index contributed by atoms with van der Waals surface area (Å²) in [6.07, 6.45) is 4.67. The fourth-order valence-corrected chi connectivity index (χ4v) is 1.77. The van der Waals surface area contributed by atoms with Crippen molar-refractivity contribution in [1.82, 2.24) is 9.55 Å². The maximum Gasteiger partial charge on any atom is 0.305 e. The molecule has 6 heteroatoms. The van der Waals surface area contributed by atoms with Crippen molar-refractivity contribution < 1.29 is 9.90 Å². The Morgan fingerprint density at radius 3 is 2.83 bits per heavy atom. The Labute approximate surface area is 106 Å². The molecular formula is C12H19N3O3. The Hall–Kier alpha value is -1.85.